The molecule has 0 fully saturated rings. The first-order valence-electron chi connectivity index (χ1n) is 43.5. The molecule has 5 atom stereocenters. The molecule has 612 valence electrons. The number of aliphatic hydroxyl groups is 1. The molecule has 0 radical (unpaired) electrons. The van der Waals surface area contributed by atoms with Crippen molar-refractivity contribution in [2.24, 2.45) is 11.8 Å². The molecule has 0 saturated carbocycles. The molecule has 0 aromatic heterocycles. The van der Waals surface area contributed by atoms with Crippen LogP contribution in [0.4, 0.5) is 0 Å². The van der Waals surface area contributed by atoms with E-state index in [2.05, 4.69) is 41.5 Å². The average Bonchev–Trinajstić information content (AvgIpc) is 0.919. The first kappa shape index (κ1) is 101. The third kappa shape index (κ3) is 78.0. The monoisotopic (exact) mass is 1510 g/mol. The molecular weight excluding hydrogens is 1340 g/mol. The van der Waals surface area contributed by atoms with E-state index in [1.54, 1.807) is 0 Å². The molecule has 103 heavy (non-hydrogen) atoms. The van der Waals surface area contributed by atoms with Crippen molar-refractivity contribution in [1.82, 2.24) is 0 Å². The maximum atomic E-state index is 13.1. The van der Waals surface area contributed by atoms with Crippen LogP contribution >= 0.6 is 15.6 Å². The van der Waals surface area contributed by atoms with Gasteiger partial charge >= 0.3 is 39.5 Å². The number of aliphatic hydroxyl groups excluding tert-OH is 1. The van der Waals surface area contributed by atoms with E-state index in [0.29, 0.717) is 31.6 Å². The van der Waals surface area contributed by atoms with Gasteiger partial charge in [0.25, 0.3) is 0 Å². The fourth-order valence-corrected chi connectivity index (χ4v) is 14.6. The Balaban J connectivity index is 5.22. The minimum Gasteiger partial charge on any atom is -0.462 e. The van der Waals surface area contributed by atoms with Gasteiger partial charge in [-0.3, -0.25) is 37.3 Å². The predicted molar refractivity (Wildman–Crippen MR) is 423 cm³/mol. The maximum Gasteiger partial charge on any atom is 0.472 e. The first-order chi connectivity index (χ1) is 49.9. The number of hydrogen-bond donors (Lipinski definition) is 3. The summed E-state index contributed by atoms with van der Waals surface area (Å²) >= 11 is 0. The summed E-state index contributed by atoms with van der Waals surface area (Å²) in [7, 11) is -9.92. The van der Waals surface area contributed by atoms with Crippen molar-refractivity contribution in [3.63, 3.8) is 0 Å². The molecule has 0 amide bonds. The predicted octanol–water partition coefficient (Wildman–Crippen LogP) is 25.5. The SMILES string of the molecule is CCCCCCCCCCCCCCCCCCCCCCCC(=O)O[C@H](COC(=O)CCCCCCCCCCCCCCCCCCCC)COP(=O)(O)OC[C@@H](O)COP(=O)(O)OC[C@@H](COC(=O)CCCCCCCCCC(C)C)OC(=O)CCCCCCCCCCCCCC(C)C. The summed E-state index contributed by atoms with van der Waals surface area (Å²) < 4.78 is 68.8. The van der Waals surface area contributed by atoms with Crippen molar-refractivity contribution in [3.05, 3.63) is 0 Å². The first-order valence-corrected chi connectivity index (χ1v) is 46.5. The second kappa shape index (κ2) is 75.5. The number of phosphoric acid groups is 2. The summed E-state index contributed by atoms with van der Waals surface area (Å²) in [5.41, 5.74) is 0. The van der Waals surface area contributed by atoms with Gasteiger partial charge in [0.05, 0.1) is 26.4 Å². The summed E-state index contributed by atoms with van der Waals surface area (Å²) in [5, 5.41) is 10.7. The van der Waals surface area contributed by atoms with Crippen LogP contribution in [0.25, 0.3) is 0 Å². The van der Waals surface area contributed by atoms with Crippen LogP contribution in [-0.2, 0) is 65.4 Å². The molecule has 0 heterocycles. The number of phosphoric ester groups is 2. The lowest BCUT2D eigenvalue weighted by atomic mass is 10.0. The van der Waals surface area contributed by atoms with Gasteiger partial charge in [0.1, 0.15) is 19.3 Å². The number of carbonyl (C=O) groups is 4. The number of carbonyl (C=O) groups excluding carboxylic acids is 4. The van der Waals surface area contributed by atoms with Gasteiger partial charge in [0, 0.05) is 25.7 Å². The van der Waals surface area contributed by atoms with E-state index >= 15 is 0 Å². The van der Waals surface area contributed by atoms with Crippen LogP contribution in [0.3, 0.4) is 0 Å². The van der Waals surface area contributed by atoms with Gasteiger partial charge in [-0.25, -0.2) is 9.13 Å². The van der Waals surface area contributed by atoms with Crippen molar-refractivity contribution >= 4 is 39.5 Å². The summed E-state index contributed by atoms with van der Waals surface area (Å²) in [6.45, 7) is 9.60. The Morgan fingerprint density at radius 1 is 0.262 bits per heavy atom. The van der Waals surface area contributed by atoms with Gasteiger partial charge in [-0.05, 0) is 37.5 Å². The number of esters is 4. The highest BCUT2D eigenvalue weighted by atomic mass is 31.2. The molecule has 0 rings (SSSR count). The average molecular weight is 1510 g/mol. The van der Waals surface area contributed by atoms with Crippen LogP contribution < -0.4 is 0 Å². The summed E-state index contributed by atoms with van der Waals surface area (Å²) in [4.78, 5) is 73.1. The molecule has 0 bridgehead atoms. The maximum absolute atomic E-state index is 13.1. The van der Waals surface area contributed by atoms with Gasteiger partial charge in [0.2, 0.25) is 0 Å². The Morgan fingerprint density at radius 3 is 0.660 bits per heavy atom. The summed E-state index contributed by atoms with van der Waals surface area (Å²) in [6.07, 6.45) is 66.8. The molecule has 0 aliphatic carbocycles. The smallest absolute Gasteiger partial charge is 0.462 e. The number of unbranched alkanes of at least 4 members (excludes halogenated alkanes) is 53. The van der Waals surface area contributed by atoms with Crippen LogP contribution in [0.2, 0.25) is 0 Å². The van der Waals surface area contributed by atoms with Crippen LogP contribution in [0.15, 0.2) is 0 Å². The molecule has 3 N–H and O–H groups in total. The number of hydrogen-bond acceptors (Lipinski definition) is 15. The van der Waals surface area contributed by atoms with Crippen LogP contribution in [0, 0.1) is 11.8 Å². The molecule has 0 aliphatic rings. The second-order valence-electron chi connectivity index (χ2n) is 31.2. The standard InChI is InChI=1S/C84H164O17P2/c1-7-9-11-13-15-17-19-21-23-25-27-28-29-31-33-35-39-43-49-56-62-68-83(88)100-79(72-94-81(86)66-60-54-48-42-38-34-32-30-26-24-22-20-18-16-14-12-10-8-2)74-98-102(90,91)96-70-78(85)71-97-103(92,93)99-75-80(73-95-82(87)67-61-55-51-45-47-53-59-65-77(5)6)101-84(89)69-63-57-50-44-40-36-37-41-46-52-58-64-76(3)4/h76-80,85H,7-75H2,1-6H3,(H,90,91)(H,92,93)/t78-,79-,80-/m1/s1. The lowest BCUT2D eigenvalue weighted by Crippen LogP contribution is -2.30. The summed E-state index contributed by atoms with van der Waals surface area (Å²) in [6, 6.07) is 0. The third-order valence-electron chi connectivity index (χ3n) is 19.7. The van der Waals surface area contributed by atoms with Gasteiger partial charge in [-0.15, -0.1) is 0 Å². The number of rotatable bonds is 83. The van der Waals surface area contributed by atoms with Crippen molar-refractivity contribution in [2.45, 2.75) is 464 Å². The van der Waals surface area contributed by atoms with Crippen LogP contribution in [0.5, 0.6) is 0 Å². The normalized spacial score (nSPS) is 13.9. The van der Waals surface area contributed by atoms with E-state index in [1.807, 2.05) is 0 Å². The van der Waals surface area contributed by atoms with E-state index < -0.39 is 97.5 Å². The van der Waals surface area contributed by atoms with Gasteiger partial charge < -0.3 is 33.8 Å². The Kier molecular flexibility index (Phi) is 74.1. The minimum atomic E-state index is -4.96. The highest BCUT2D eigenvalue weighted by Crippen LogP contribution is 2.45. The molecular formula is C84H164O17P2. The van der Waals surface area contributed by atoms with E-state index in [1.165, 1.54) is 257 Å². The fraction of sp³-hybridized carbons (Fsp3) is 0.952. The Hall–Kier alpha value is -1.94. The van der Waals surface area contributed by atoms with Crippen molar-refractivity contribution in [1.29, 1.82) is 0 Å². The van der Waals surface area contributed by atoms with Gasteiger partial charge in [0.15, 0.2) is 12.2 Å². The Labute approximate surface area is 632 Å². The third-order valence-corrected chi connectivity index (χ3v) is 21.6. The van der Waals surface area contributed by atoms with Gasteiger partial charge in [-0.1, -0.05) is 395 Å². The minimum absolute atomic E-state index is 0.106. The highest BCUT2D eigenvalue weighted by molar-refractivity contribution is 7.47. The molecule has 17 nitrogen and oxygen atoms in total. The number of ether oxygens (including phenoxy) is 4. The van der Waals surface area contributed by atoms with Crippen LogP contribution in [0.1, 0.15) is 446 Å². The quantitative estimate of drug-likeness (QED) is 0.0222. The molecule has 19 heteroatoms. The van der Waals surface area contributed by atoms with E-state index in [-0.39, 0.29) is 25.7 Å². The fourth-order valence-electron chi connectivity index (χ4n) is 13.1. The molecule has 0 aliphatic heterocycles. The molecule has 0 aromatic rings. The Morgan fingerprint density at radius 2 is 0.447 bits per heavy atom. The lowest BCUT2D eigenvalue weighted by Gasteiger charge is -2.21. The van der Waals surface area contributed by atoms with E-state index in [4.69, 9.17) is 37.0 Å². The summed E-state index contributed by atoms with van der Waals surface area (Å²) in [5.74, 6) is -0.637. The van der Waals surface area contributed by atoms with Crippen LogP contribution in [-0.4, -0.2) is 96.7 Å². The zero-order valence-corrected chi connectivity index (χ0v) is 69.4. The largest absolute Gasteiger partial charge is 0.472 e. The van der Waals surface area contributed by atoms with Crippen molar-refractivity contribution in [2.75, 3.05) is 39.6 Å². The lowest BCUT2D eigenvalue weighted by molar-refractivity contribution is -0.161. The molecule has 0 spiro atoms. The zero-order chi connectivity index (χ0) is 75.6. The second-order valence-corrected chi connectivity index (χ2v) is 34.1. The molecule has 0 aromatic carbocycles. The van der Waals surface area contributed by atoms with Crippen molar-refractivity contribution in [3.8, 4) is 0 Å². The molecule has 2 unspecified atom stereocenters. The molecule has 0 saturated heterocycles. The van der Waals surface area contributed by atoms with E-state index in [0.717, 1.165) is 102 Å². The topological polar surface area (TPSA) is 237 Å². The highest BCUT2D eigenvalue weighted by Gasteiger charge is 2.30. The van der Waals surface area contributed by atoms with Gasteiger partial charge in [-0.2, -0.15) is 0 Å². The Bertz CT molecular complexity index is 1980. The van der Waals surface area contributed by atoms with Crippen molar-refractivity contribution < 1.29 is 80.2 Å². The zero-order valence-electron chi connectivity index (χ0n) is 67.6. The van der Waals surface area contributed by atoms with E-state index in [9.17, 15) is 43.2 Å².